The predicted molar refractivity (Wildman–Crippen MR) is 90.6 cm³/mol. The molecule has 10 heteroatoms. The standard InChI is InChI=1S/C19H28F6O4/c1-5-27-12(4)29-16(26)8-17(18(20,21)22,19(23,24)25)28-9-14-6-13-7-15(14)11(3)10(13)2/h10-15H,5-9H2,1-4H3. The lowest BCUT2D eigenvalue weighted by Crippen LogP contribution is -2.60. The summed E-state index contributed by atoms with van der Waals surface area (Å²) in [7, 11) is 0. The number of hydrogen-bond donors (Lipinski definition) is 0. The Labute approximate surface area is 166 Å². The number of esters is 1. The Hall–Kier alpha value is -1.03. The van der Waals surface area contributed by atoms with Gasteiger partial charge in [-0.25, -0.2) is 0 Å². The number of ether oxygens (including phenoxy) is 3. The number of fused-ring (bicyclic) bond motifs is 2. The summed E-state index contributed by atoms with van der Waals surface area (Å²) in [5.74, 6) is -1.16. The lowest BCUT2D eigenvalue weighted by Gasteiger charge is -2.39. The van der Waals surface area contributed by atoms with Crippen molar-refractivity contribution in [2.45, 2.75) is 71.2 Å². The second-order valence-corrected chi connectivity index (χ2v) is 8.20. The summed E-state index contributed by atoms with van der Waals surface area (Å²) in [4.78, 5) is 11.9. The fourth-order valence-corrected chi connectivity index (χ4v) is 4.81. The first-order chi connectivity index (χ1) is 13.2. The van der Waals surface area contributed by atoms with Crippen LogP contribution in [0.4, 0.5) is 26.3 Å². The molecule has 0 amide bonds. The van der Waals surface area contributed by atoms with Crippen molar-refractivity contribution in [1.29, 1.82) is 0 Å². The van der Waals surface area contributed by atoms with Crippen molar-refractivity contribution in [2.24, 2.45) is 29.6 Å². The third kappa shape index (κ3) is 4.84. The van der Waals surface area contributed by atoms with E-state index in [0.717, 1.165) is 6.42 Å². The summed E-state index contributed by atoms with van der Waals surface area (Å²) in [6.07, 6.45) is -13.6. The van der Waals surface area contributed by atoms with Crippen LogP contribution in [0.2, 0.25) is 0 Å². The molecule has 0 aromatic heterocycles. The highest BCUT2D eigenvalue weighted by Crippen LogP contribution is 2.56. The van der Waals surface area contributed by atoms with Crippen LogP contribution in [0.15, 0.2) is 0 Å². The van der Waals surface area contributed by atoms with Gasteiger partial charge in [0.15, 0.2) is 6.29 Å². The van der Waals surface area contributed by atoms with E-state index in [9.17, 15) is 31.1 Å². The number of halogens is 6. The Morgan fingerprint density at radius 2 is 1.62 bits per heavy atom. The van der Waals surface area contributed by atoms with E-state index in [4.69, 9.17) is 4.74 Å². The van der Waals surface area contributed by atoms with E-state index in [-0.39, 0.29) is 24.4 Å². The maximum atomic E-state index is 13.6. The van der Waals surface area contributed by atoms with Crippen molar-refractivity contribution in [3.05, 3.63) is 0 Å². The summed E-state index contributed by atoms with van der Waals surface area (Å²) in [6, 6.07) is 0. The molecule has 0 heterocycles. The molecule has 2 aliphatic rings. The van der Waals surface area contributed by atoms with Crippen LogP contribution in [0, 0.1) is 29.6 Å². The summed E-state index contributed by atoms with van der Waals surface area (Å²) in [5, 5.41) is 0. The minimum absolute atomic E-state index is 0.0269. The van der Waals surface area contributed by atoms with Crippen LogP contribution >= 0.6 is 0 Å². The van der Waals surface area contributed by atoms with Gasteiger partial charge in [0.05, 0.1) is 13.0 Å². The third-order valence-corrected chi connectivity index (χ3v) is 6.59. The van der Waals surface area contributed by atoms with Crippen molar-refractivity contribution in [3.8, 4) is 0 Å². The monoisotopic (exact) mass is 434 g/mol. The zero-order chi connectivity index (χ0) is 22.2. The minimum Gasteiger partial charge on any atom is -0.436 e. The van der Waals surface area contributed by atoms with Gasteiger partial charge in [0.1, 0.15) is 0 Å². The average molecular weight is 434 g/mol. The first-order valence-electron chi connectivity index (χ1n) is 9.82. The molecule has 2 bridgehead atoms. The lowest BCUT2D eigenvalue weighted by molar-refractivity contribution is -0.384. The molecule has 2 fully saturated rings. The molecule has 0 N–H and O–H groups in total. The van der Waals surface area contributed by atoms with E-state index in [2.05, 4.69) is 16.4 Å². The molecule has 6 unspecified atom stereocenters. The van der Waals surface area contributed by atoms with E-state index < -0.39 is 49.2 Å². The summed E-state index contributed by atoms with van der Waals surface area (Å²) in [6.45, 7) is 6.15. The van der Waals surface area contributed by atoms with Crippen LogP contribution in [0.1, 0.15) is 47.0 Å². The number of rotatable bonds is 8. The highest BCUT2D eigenvalue weighted by atomic mass is 19.4. The molecule has 0 spiro atoms. The molecule has 0 aromatic carbocycles. The van der Waals surface area contributed by atoms with Crippen LogP contribution in [-0.2, 0) is 19.0 Å². The third-order valence-electron chi connectivity index (χ3n) is 6.59. The number of hydrogen-bond acceptors (Lipinski definition) is 4. The zero-order valence-electron chi connectivity index (χ0n) is 16.9. The Balaban J connectivity index is 2.18. The van der Waals surface area contributed by atoms with Crippen molar-refractivity contribution < 1.29 is 45.3 Å². The van der Waals surface area contributed by atoms with E-state index >= 15 is 0 Å². The van der Waals surface area contributed by atoms with Crippen LogP contribution in [-0.4, -0.2) is 43.4 Å². The van der Waals surface area contributed by atoms with Gasteiger partial charge in [-0.3, -0.25) is 4.79 Å². The Kier molecular flexibility index (Phi) is 7.20. The van der Waals surface area contributed by atoms with Gasteiger partial charge in [-0.15, -0.1) is 0 Å². The fraction of sp³-hybridized carbons (Fsp3) is 0.947. The predicted octanol–water partition coefficient (Wildman–Crippen LogP) is 5.11. The van der Waals surface area contributed by atoms with Crippen LogP contribution in [0.3, 0.4) is 0 Å². The SMILES string of the molecule is CCOC(C)OC(=O)CC(OCC1CC2CC1C(C)C2C)(C(F)(F)F)C(F)(F)F. The van der Waals surface area contributed by atoms with E-state index in [1.54, 1.807) is 6.92 Å². The molecule has 0 aliphatic heterocycles. The van der Waals surface area contributed by atoms with Crippen LogP contribution in [0.25, 0.3) is 0 Å². The second-order valence-electron chi connectivity index (χ2n) is 8.20. The Morgan fingerprint density at radius 3 is 2.07 bits per heavy atom. The molecule has 6 atom stereocenters. The van der Waals surface area contributed by atoms with E-state index in [1.165, 1.54) is 6.92 Å². The Bertz CT molecular complexity index is 560. The number of carbonyl (C=O) groups excluding carboxylic acids is 1. The summed E-state index contributed by atoms with van der Waals surface area (Å²) >= 11 is 0. The average Bonchev–Trinajstić information content (AvgIpc) is 3.09. The van der Waals surface area contributed by atoms with Gasteiger partial charge >= 0.3 is 18.3 Å². The first-order valence-corrected chi connectivity index (χ1v) is 9.82. The lowest BCUT2D eigenvalue weighted by atomic mass is 9.76. The molecule has 29 heavy (non-hydrogen) atoms. The molecule has 170 valence electrons. The van der Waals surface area contributed by atoms with Crippen molar-refractivity contribution in [2.75, 3.05) is 13.2 Å². The van der Waals surface area contributed by atoms with Gasteiger partial charge in [-0.2, -0.15) is 26.3 Å². The van der Waals surface area contributed by atoms with Crippen molar-refractivity contribution in [3.63, 3.8) is 0 Å². The maximum absolute atomic E-state index is 13.6. The quantitative estimate of drug-likeness (QED) is 0.303. The van der Waals surface area contributed by atoms with Gasteiger partial charge in [0.2, 0.25) is 0 Å². The number of alkyl halides is 6. The normalized spacial score (nSPS) is 31.2. The molecular formula is C19H28F6O4. The fourth-order valence-electron chi connectivity index (χ4n) is 4.81. The second kappa shape index (κ2) is 8.61. The number of carbonyl (C=O) groups is 1. The Morgan fingerprint density at radius 1 is 1.03 bits per heavy atom. The molecule has 0 saturated heterocycles. The molecule has 2 saturated carbocycles. The summed E-state index contributed by atoms with van der Waals surface area (Å²) in [5.41, 5.74) is -4.61. The molecule has 0 aromatic rings. The molecule has 4 nitrogen and oxygen atoms in total. The smallest absolute Gasteiger partial charge is 0.427 e. The highest BCUT2D eigenvalue weighted by molar-refractivity contribution is 5.71. The first kappa shape index (κ1) is 24.2. The highest BCUT2D eigenvalue weighted by Gasteiger charge is 2.73. The van der Waals surface area contributed by atoms with Crippen molar-refractivity contribution >= 4 is 5.97 Å². The van der Waals surface area contributed by atoms with Crippen LogP contribution < -0.4 is 0 Å². The molecule has 2 aliphatic carbocycles. The van der Waals surface area contributed by atoms with Gasteiger partial charge in [0.25, 0.3) is 5.60 Å². The molecule has 0 radical (unpaired) electrons. The minimum atomic E-state index is -5.84. The van der Waals surface area contributed by atoms with Crippen LogP contribution in [0.5, 0.6) is 0 Å². The van der Waals surface area contributed by atoms with Gasteiger partial charge in [-0.1, -0.05) is 13.8 Å². The summed E-state index contributed by atoms with van der Waals surface area (Å²) < 4.78 is 95.8. The van der Waals surface area contributed by atoms with Gasteiger partial charge < -0.3 is 14.2 Å². The zero-order valence-corrected chi connectivity index (χ0v) is 16.9. The largest absolute Gasteiger partial charge is 0.436 e. The maximum Gasteiger partial charge on any atom is 0.427 e. The van der Waals surface area contributed by atoms with E-state index in [0.29, 0.717) is 12.3 Å². The molecular weight excluding hydrogens is 406 g/mol. The topological polar surface area (TPSA) is 44.8 Å². The van der Waals surface area contributed by atoms with Crippen molar-refractivity contribution in [1.82, 2.24) is 0 Å². The van der Waals surface area contributed by atoms with E-state index in [1.807, 2.05) is 6.92 Å². The van der Waals surface area contributed by atoms with Gasteiger partial charge in [0, 0.05) is 6.61 Å². The van der Waals surface area contributed by atoms with Gasteiger partial charge in [-0.05, 0) is 56.3 Å². The molecule has 2 rings (SSSR count).